The van der Waals surface area contributed by atoms with E-state index in [1.807, 2.05) is 39.1 Å². The summed E-state index contributed by atoms with van der Waals surface area (Å²) in [6, 6.07) is 11.9. The van der Waals surface area contributed by atoms with Crippen LogP contribution in [0.5, 0.6) is 5.88 Å². The molecule has 2 heterocycles. The van der Waals surface area contributed by atoms with Crippen molar-refractivity contribution in [1.29, 1.82) is 0 Å². The molecule has 2 atom stereocenters. The molecule has 6 heteroatoms. The van der Waals surface area contributed by atoms with Crippen LogP contribution in [-0.4, -0.2) is 53.7 Å². The van der Waals surface area contributed by atoms with Gasteiger partial charge >= 0.3 is 0 Å². The number of pyridine rings is 1. The molecule has 0 saturated carbocycles. The molecule has 2 aromatic rings. The van der Waals surface area contributed by atoms with E-state index in [-0.39, 0.29) is 11.8 Å². The largest absolute Gasteiger partial charge is 0.477 e. The van der Waals surface area contributed by atoms with Crippen LogP contribution in [0.25, 0.3) is 0 Å². The zero-order valence-electron chi connectivity index (χ0n) is 17.5. The topological polar surface area (TPSA) is 74.7 Å². The van der Waals surface area contributed by atoms with Gasteiger partial charge in [0, 0.05) is 25.3 Å². The highest BCUT2D eigenvalue weighted by Gasteiger charge is 2.32. The van der Waals surface area contributed by atoms with Crippen LogP contribution >= 0.6 is 0 Å². The molecule has 0 bridgehead atoms. The van der Waals surface area contributed by atoms with Gasteiger partial charge < -0.3 is 20.1 Å². The molecule has 1 amide bonds. The van der Waals surface area contributed by atoms with Crippen molar-refractivity contribution in [3.8, 4) is 5.88 Å². The molecule has 3 rings (SSSR count). The second-order valence-corrected chi connectivity index (χ2v) is 7.61. The number of rotatable bonds is 7. The van der Waals surface area contributed by atoms with E-state index >= 15 is 0 Å². The predicted octanol–water partition coefficient (Wildman–Crippen LogP) is 2.57. The van der Waals surface area contributed by atoms with Crippen molar-refractivity contribution in [2.24, 2.45) is 5.92 Å². The highest BCUT2D eigenvalue weighted by atomic mass is 16.5. The number of aliphatic hydroxyl groups is 1. The van der Waals surface area contributed by atoms with Crippen molar-refractivity contribution in [2.45, 2.75) is 39.3 Å². The molecule has 0 radical (unpaired) electrons. The van der Waals surface area contributed by atoms with Gasteiger partial charge in [0.1, 0.15) is 5.56 Å². The molecule has 1 aromatic heterocycles. The number of benzene rings is 1. The van der Waals surface area contributed by atoms with E-state index in [1.165, 1.54) is 11.1 Å². The normalized spacial score (nSPS) is 19.2. The first-order valence-electron chi connectivity index (χ1n) is 10.3. The molecule has 2 N–H and O–H groups in total. The number of aliphatic hydroxyl groups excluding tert-OH is 1. The number of aromatic nitrogens is 1. The fourth-order valence-corrected chi connectivity index (χ4v) is 3.92. The smallest absolute Gasteiger partial charge is 0.259 e. The first-order chi connectivity index (χ1) is 14.0. The second-order valence-electron chi connectivity index (χ2n) is 7.61. The van der Waals surface area contributed by atoms with Crippen molar-refractivity contribution in [1.82, 2.24) is 15.2 Å². The van der Waals surface area contributed by atoms with E-state index in [0.29, 0.717) is 31.1 Å². The molecule has 1 saturated heterocycles. The second kappa shape index (κ2) is 9.85. The summed E-state index contributed by atoms with van der Waals surface area (Å²) in [6.45, 7) is 5.96. The number of nitrogens with one attached hydrogen (secondary N) is 1. The average molecular weight is 398 g/mol. The Bertz CT molecular complexity index is 840. The summed E-state index contributed by atoms with van der Waals surface area (Å²) < 4.78 is 5.57. The van der Waals surface area contributed by atoms with Gasteiger partial charge in [0.25, 0.3) is 5.91 Å². The van der Waals surface area contributed by atoms with Gasteiger partial charge in [0.05, 0.1) is 12.7 Å². The fraction of sp³-hybridized carbons (Fsp3) is 0.478. The quantitative estimate of drug-likeness (QED) is 0.751. The van der Waals surface area contributed by atoms with Crippen LogP contribution in [-0.2, 0) is 13.0 Å². The lowest BCUT2D eigenvalue weighted by Gasteiger charge is -2.36. The maximum Gasteiger partial charge on any atom is 0.259 e. The Labute approximate surface area is 172 Å². The summed E-state index contributed by atoms with van der Waals surface area (Å²) in [6.07, 6.45) is 1.03. The zero-order chi connectivity index (χ0) is 20.8. The standard InChI is InChI=1S/C23H31N3O3/c1-4-29-22-20(10-9-16(2)25-22)23(28)26-12-11-18(21(27)15-26)13-17-7-5-6-8-19(17)14-24-3/h5-10,18,21,24,27H,4,11-15H2,1-3H3. The number of amides is 1. The van der Waals surface area contributed by atoms with Crippen LogP contribution < -0.4 is 10.1 Å². The number of hydrogen-bond donors (Lipinski definition) is 2. The predicted molar refractivity (Wildman–Crippen MR) is 113 cm³/mol. The minimum Gasteiger partial charge on any atom is -0.477 e. The number of β-amino-alcohol motifs (C(OH)–C–C–N with tert-alkyl or cyclic N) is 1. The summed E-state index contributed by atoms with van der Waals surface area (Å²) in [5.74, 6) is 0.378. The van der Waals surface area contributed by atoms with Crippen molar-refractivity contribution in [3.63, 3.8) is 0 Å². The van der Waals surface area contributed by atoms with Gasteiger partial charge in [-0.3, -0.25) is 4.79 Å². The van der Waals surface area contributed by atoms with E-state index in [2.05, 4.69) is 22.4 Å². The Balaban J connectivity index is 1.68. The first kappa shape index (κ1) is 21.3. The van der Waals surface area contributed by atoms with Gasteiger partial charge in [-0.25, -0.2) is 4.98 Å². The van der Waals surface area contributed by atoms with E-state index in [4.69, 9.17) is 4.74 Å². The molecule has 29 heavy (non-hydrogen) atoms. The maximum absolute atomic E-state index is 13.0. The molecule has 6 nitrogen and oxygen atoms in total. The number of hydrogen-bond acceptors (Lipinski definition) is 5. The molecule has 2 unspecified atom stereocenters. The van der Waals surface area contributed by atoms with Gasteiger partial charge in [-0.1, -0.05) is 24.3 Å². The van der Waals surface area contributed by atoms with Crippen molar-refractivity contribution in [2.75, 3.05) is 26.7 Å². The first-order valence-corrected chi connectivity index (χ1v) is 10.3. The lowest BCUT2D eigenvalue weighted by molar-refractivity contribution is 0.0195. The van der Waals surface area contributed by atoms with Crippen LogP contribution in [0.15, 0.2) is 36.4 Å². The molecule has 156 valence electrons. The molecule has 1 aliphatic heterocycles. The van der Waals surface area contributed by atoms with E-state index < -0.39 is 6.10 Å². The number of aryl methyl sites for hydroxylation is 1. The van der Waals surface area contributed by atoms with Gasteiger partial charge in [0.15, 0.2) is 0 Å². The highest BCUT2D eigenvalue weighted by molar-refractivity contribution is 5.96. The fourth-order valence-electron chi connectivity index (χ4n) is 3.92. The molecular weight excluding hydrogens is 366 g/mol. The minimum absolute atomic E-state index is 0.131. The minimum atomic E-state index is -0.552. The number of piperidine rings is 1. The van der Waals surface area contributed by atoms with E-state index in [1.54, 1.807) is 11.0 Å². The molecule has 0 spiro atoms. The number of nitrogens with zero attached hydrogens (tertiary/aromatic N) is 2. The van der Waals surface area contributed by atoms with E-state index in [0.717, 1.165) is 25.1 Å². The van der Waals surface area contributed by atoms with Crippen LogP contribution in [0, 0.1) is 12.8 Å². The maximum atomic E-state index is 13.0. The van der Waals surface area contributed by atoms with Crippen LogP contribution in [0.4, 0.5) is 0 Å². The number of likely N-dealkylation sites (tertiary alicyclic amines) is 1. The average Bonchev–Trinajstić information content (AvgIpc) is 2.71. The van der Waals surface area contributed by atoms with E-state index in [9.17, 15) is 9.90 Å². The lowest BCUT2D eigenvalue weighted by atomic mass is 9.86. The Morgan fingerprint density at radius 3 is 2.72 bits per heavy atom. The Morgan fingerprint density at radius 1 is 1.28 bits per heavy atom. The van der Waals surface area contributed by atoms with Crippen molar-refractivity contribution >= 4 is 5.91 Å². The Kier molecular flexibility index (Phi) is 7.23. The molecule has 1 fully saturated rings. The molecule has 0 aliphatic carbocycles. The lowest BCUT2D eigenvalue weighted by Crippen LogP contribution is -2.47. The van der Waals surface area contributed by atoms with Gasteiger partial charge in [-0.15, -0.1) is 0 Å². The third-order valence-corrected chi connectivity index (χ3v) is 5.49. The Hall–Kier alpha value is -2.44. The number of ether oxygens (including phenoxy) is 1. The van der Waals surface area contributed by atoms with Crippen LogP contribution in [0.2, 0.25) is 0 Å². The summed E-state index contributed by atoms with van der Waals surface area (Å²) in [4.78, 5) is 19.1. The van der Waals surface area contributed by atoms with Crippen LogP contribution in [0.1, 0.15) is 40.5 Å². The van der Waals surface area contributed by atoms with Gasteiger partial charge in [0.2, 0.25) is 5.88 Å². The third-order valence-electron chi connectivity index (χ3n) is 5.49. The van der Waals surface area contributed by atoms with Crippen LogP contribution in [0.3, 0.4) is 0 Å². The highest BCUT2D eigenvalue weighted by Crippen LogP contribution is 2.26. The molecule has 1 aliphatic rings. The summed E-state index contributed by atoms with van der Waals surface area (Å²) in [5.41, 5.74) is 3.78. The third kappa shape index (κ3) is 5.14. The van der Waals surface area contributed by atoms with Gasteiger partial charge in [-0.05, 0) is 62.9 Å². The zero-order valence-corrected chi connectivity index (χ0v) is 17.5. The van der Waals surface area contributed by atoms with Crippen molar-refractivity contribution in [3.05, 3.63) is 58.8 Å². The monoisotopic (exact) mass is 397 g/mol. The summed E-state index contributed by atoms with van der Waals surface area (Å²) in [5, 5.41) is 14.0. The van der Waals surface area contributed by atoms with Crippen molar-refractivity contribution < 1.29 is 14.6 Å². The molecular formula is C23H31N3O3. The SMILES string of the molecule is CCOc1nc(C)ccc1C(=O)N1CCC(Cc2ccccc2CNC)C(O)C1. The number of carbonyl (C=O) groups is 1. The molecule has 1 aromatic carbocycles. The number of carbonyl (C=O) groups excluding carboxylic acids is 1. The van der Waals surface area contributed by atoms with Gasteiger partial charge in [-0.2, -0.15) is 0 Å². The Morgan fingerprint density at radius 2 is 2.03 bits per heavy atom. The summed E-state index contributed by atoms with van der Waals surface area (Å²) >= 11 is 0. The summed E-state index contributed by atoms with van der Waals surface area (Å²) in [7, 11) is 1.94.